The van der Waals surface area contributed by atoms with E-state index in [0.29, 0.717) is 11.8 Å². The van der Waals surface area contributed by atoms with Crippen molar-refractivity contribution in [3.05, 3.63) is 33.5 Å². The second-order valence-electron chi connectivity index (χ2n) is 6.76. The number of hydrogen-bond acceptors (Lipinski definition) is 3. The maximum Gasteiger partial charge on any atom is 0.281 e. The molecule has 0 aromatic carbocycles. The molecule has 3 aliphatic carbocycles. The number of carbonyl (C=O) groups is 1. The summed E-state index contributed by atoms with van der Waals surface area (Å²) in [5.74, 6) is 1.99. The summed E-state index contributed by atoms with van der Waals surface area (Å²) in [5, 5.41) is 4.37. The van der Waals surface area contributed by atoms with Gasteiger partial charge < -0.3 is 0 Å². The van der Waals surface area contributed by atoms with Gasteiger partial charge in [-0.15, -0.1) is 11.3 Å². The van der Waals surface area contributed by atoms with Gasteiger partial charge >= 0.3 is 0 Å². The predicted molar refractivity (Wildman–Crippen MR) is 90.4 cm³/mol. The molecule has 1 amide bonds. The van der Waals surface area contributed by atoms with Crippen molar-refractivity contribution >= 4 is 23.0 Å². The van der Waals surface area contributed by atoms with E-state index < -0.39 is 0 Å². The van der Waals surface area contributed by atoms with Crippen LogP contribution in [-0.4, -0.2) is 11.6 Å². The molecule has 116 valence electrons. The minimum absolute atomic E-state index is 0.0330. The van der Waals surface area contributed by atoms with Crippen LogP contribution in [0.5, 0.6) is 0 Å². The van der Waals surface area contributed by atoms with Crippen LogP contribution in [0.15, 0.2) is 23.3 Å². The standard InChI is InChI=1S/C18H22N2OS/c1-2-11-6-7-16-13(8-11)10-17(22-16)18(21)20-19-15-9-12-4-3-5-14(12)15/h3-4,10-12,14H,2,5-9H2,1H3,(H,20,21)/b19-15-. The van der Waals surface area contributed by atoms with Crippen LogP contribution in [0.1, 0.15) is 52.7 Å². The van der Waals surface area contributed by atoms with Crippen LogP contribution in [0.2, 0.25) is 0 Å². The largest absolute Gasteiger partial charge is 0.281 e. The Morgan fingerprint density at radius 1 is 1.45 bits per heavy atom. The molecule has 0 aliphatic heterocycles. The van der Waals surface area contributed by atoms with Crippen LogP contribution in [-0.2, 0) is 12.8 Å². The van der Waals surface area contributed by atoms with Crippen molar-refractivity contribution in [2.24, 2.45) is 22.9 Å². The molecule has 4 rings (SSSR count). The summed E-state index contributed by atoms with van der Waals surface area (Å²) in [6.07, 6.45) is 11.4. The first-order valence-electron chi connectivity index (χ1n) is 8.39. The van der Waals surface area contributed by atoms with Crippen molar-refractivity contribution in [1.82, 2.24) is 5.43 Å². The number of nitrogens with one attached hydrogen (secondary N) is 1. The van der Waals surface area contributed by atoms with Crippen LogP contribution in [0.3, 0.4) is 0 Å². The fourth-order valence-corrected chi connectivity index (χ4v) is 5.00. The third-order valence-electron chi connectivity index (χ3n) is 5.45. The molecule has 3 unspecified atom stereocenters. The SMILES string of the molecule is CCC1CCc2sc(C(=O)N/N=C3/CC4C=CCC34)cc2C1. The number of carbonyl (C=O) groups excluding carboxylic acids is 1. The van der Waals surface area contributed by atoms with Crippen molar-refractivity contribution in [3.8, 4) is 0 Å². The number of rotatable bonds is 3. The van der Waals surface area contributed by atoms with E-state index in [2.05, 4.69) is 35.7 Å². The molecule has 1 aromatic rings. The van der Waals surface area contributed by atoms with Crippen LogP contribution < -0.4 is 5.43 Å². The van der Waals surface area contributed by atoms with Crippen molar-refractivity contribution in [2.75, 3.05) is 0 Å². The Bertz CT molecular complexity index is 658. The third-order valence-corrected chi connectivity index (χ3v) is 6.69. The molecular formula is C18H22N2OS. The lowest BCUT2D eigenvalue weighted by Gasteiger charge is -2.31. The van der Waals surface area contributed by atoms with Crippen LogP contribution in [0.25, 0.3) is 0 Å². The molecule has 3 aliphatic rings. The molecule has 0 saturated heterocycles. The zero-order valence-corrected chi connectivity index (χ0v) is 13.8. The van der Waals surface area contributed by atoms with Gasteiger partial charge in [0.2, 0.25) is 0 Å². The first-order valence-corrected chi connectivity index (χ1v) is 9.21. The van der Waals surface area contributed by atoms with E-state index in [1.165, 1.54) is 23.3 Å². The number of thiophene rings is 1. The first kappa shape index (κ1) is 14.2. The van der Waals surface area contributed by atoms with Crippen molar-refractivity contribution < 1.29 is 4.79 Å². The Labute approximate surface area is 135 Å². The maximum absolute atomic E-state index is 12.3. The second kappa shape index (κ2) is 5.65. The quantitative estimate of drug-likeness (QED) is 0.666. The number of fused-ring (bicyclic) bond motifs is 2. The van der Waals surface area contributed by atoms with Crippen molar-refractivity contribution in [3.63, 3.8) is 0 Å². The summed E-state index contributed by atoms with van der Waals surface area (Å²) >= 11 is 1.66. The van der Waals surface area contributed by atoms with E-state index in [-0.39, 0.29) is 5.91 Å². The molecule has 1 heterocycles. The Hall–Kier alpha value is -1.42. The van der Waals surface area contributed by atoms with Crippen LogP contribution in [0.4, 0.5) is 0 Å². The molecular weight excluding hydrogens is 292 g/mol. The molecule has 0 spiro atoms. The maximum atomic E-state index is 12.3. The summed E-state index contributed by atoms with van der Waals surface area (Å²) in [4.78, 5) is 14.6. The highest BCUT2D eigenvalue weighted by atomic mass is 32.1. The zero-order valence-electron chi connectivity index (χ0n) is 13.0. The Morgan fingerprint density at radius 2 is 2.36 bits per heavy atom. The van der Waals surface area contributed by atoms with Gasteiger partial charge in [0.25, 0.3) is 5.91 Å². The number of hydrazone groups is 1. The fourth-order valence-electron chi connectivity index (χ4n) is 3.90. The van der Waals surface area contributed by atoms with E-state index in [0.717, 1.165) is 42.2 Å². The molecule has 1 aromatic heterocycles. The Balaban J connectivity index is 1.41. The second-order valence-corrected chi connectivity index (χ2v) is 7.90. The monoisotopic (exact) mass is 314 g/mol. The molecule has 4 heteroatoms. The number of allylic oxidation sites excluding steroid dienone is 2. The molecule has 3 nitrogen and oxygen atoms in total. The van der Waals surface area contributed by atoms with Crippen LogP contribution in [0, 0.1) is 17.8 Å². The summed E-state index contributed by atoms with van der Waals surface area (Å²) < 4.78 is 0. The first-order chi connectivity index (χ1) is 10.7. The van der Waals surface area contributed by atoms with Crippen molar-refractivity contribution in [1.29, 1.82) is 0 Å². The highest BCUT2D eigenvalue weighted by molar-refractivity contribution is 7.14. The summed E-state index contributed by atoms with van der Waals surface area (Å²) in [6, 6.07) is 2.10. The van der Waals surface area contributed by atoms with Gasteiger partial charge in [0.1, 0.15) is 0 Å². The van der Waals surface area contributed by atoms with E-state index in [1.54, 1.807) is 11.3 Å². The van der Waals surface area contributed by atoms with E-state index in [9.17, 15) is 4.79 Å². The predicted octanol–water partition coefficient (Wildman–Crippen LogP) is 3.94. The summed E-state index contributed by atoms with van der Waals surface area (Å²) in [6.45, 7) is 2.26. The van der Waals surface area contributed by atoms with Gasteiger partial charge in [-0.1, -0.05) is 25.5 Å². The zero-order chi connectivity index (χ0) is 15.1. The molecule has 1 fully saturated rings. The molecule has 1 saturated carbocycles. The van der Waals surface area contributed by atoms with Gasteiger partial charge in [-0.3, -0.25) is 4.79 Å². The van der Waals surface area contributed by atoms with Gasteiger partial charge in [-0.2, -0.15) is 5.10 Å². The average molecular weight is 314 g/mol. The van der Waals surface area contributed by atoms with Crippen molar-refractivity contribution in [2.45, 2.75) is 45.4 Å². The minimum Gasteiger partial charge on any atom is -0.266 e. The Morgan fingerprint density at radius 3 is 3.18 bits per heavy atom. The normalized spacial score (nSPS) is 30.8. The lowest BCUT2D eigenvalue weighted by molar-refractivity contribution is 0.0958. The Kier molecular flexibility index (Phi) is 3.65. The average Bonchev–Trinajstić information content (AvgIpc) is 3.10. The molecule has 22 heavy (non-hydrogen) atoms. The van der Waals surface area contributed by atoms with Gasteiger partial charge in [-0.25, -0.2) is 5.43 Å². The summed E-state index contributed by atoms with van der Waals surface area (Å²) in [5.41, 5.74) is 5.34. The van der Waals surface area contributed by atoms with Gasteiger partial charge in [0.05, 0.1) is 4.88 Å². The number of nitrogens with zero attached hydrogens (tertiary/aromatic N) is 1. The van der Waals surface area contributed by atoms with Gasteiger partial charge in [0, 0.05) is 16.5 Å². The highest BCUT2D eigenvalue weighted by Crippen LogP contribution is 2.40. The molecule has 0 bridgehead atoms. The van der Waals surface area contributed by atoms with E-state index in [1.807, 2.05) is 0 Å². The van der Waals surface area contributed by atoms with E-state index in [4.69, 9.17) is 0 Å². The molecule has 3 atom stereocenters. The molecule has 1 N–H and O–H groups in total. The fraction of sp³-hybridized carbons (Fsp3) is 0.556. The lowest BCUT2D eigenvalue weighted by atomic mass is 9.74. The third kappa shape index (κ3) is 2.43. The van der Waals surface area contributed by atoms with Crippen LogP contribution >= 0.6 is 11.3 Å². The van der Waals surface area contributed by atoms with Gasteiger partial charge in [0.15, 0.2) is 0 Å². The molecule has 0 radical (unpaired) electrons. The number of aryl methyl sites for hydroxylation is 1. The summed E-state index contributed by atoms with van der Waals surface area (Å²) in [7, 11) is 0. The lowest BCUT2D eigenvalue weighted by Crippen LogP contribution is -2.35. The number of amides is 1. The minimum atomic E-state index is -0.0330. The highest BCUT2D eigenvalue weighted by Gasteiger charge is 2.38. The number of hydrogen-bond donors (Lipinski definition) is 1. The topological polar surface area (TPSA) is 41.5 Å². The van der Waals surface area contributed by atoms with E-state index >= 15 is 0 Å². The van der Waals surface area contributed by atoms with Gasteiger partial charge in [-0.05, 0) is 55.6 Å². The smallest absolute Gasteiger partial charge is 0.266 e.